The van der Waals surface area contributed by atoms with Gasteiger partial charge in [-0.2, -0.15) is 0 Å². The van der Waals surface area contributed by atoms with Gasteiger partial charge in [-0.3, -0.25) is 0 Å². The Morgan fingerprint density at radius 1 is 1.32 bits per heavy atom. The van der Waals surface area contributed by atoms with Crippen molar-refractivity contribution in [2.24, 2.45) is 0 Å². The summed E-state index contributed by atoms with van der Waals surface area (Å²) in [6.45, 7) is 0.600. The minimum atomic E-state index is -0.400. The third-order valence-electron chi connectivity index (χ3n) is 3.01. The third-order valence-corrected chi connectivity index (χ3v) is 3.01. The zero-order valence-corrected chi connectivity index (χ0v) is 11.1. The van der Waals surface area contributed by atoms with E-state index in [0.29, 0.717) is 30.3 Å². The summed E-state index contributed by atoms with van der Waals surface area (Å²) in [7, 11) is 1.57. The molecule has 2 aliphatic heterocycles. The molecule has 1 amide bonds. The lowest BCUT2D eigenvalue weighted by Crippen LogP contribution is -2.35. The number of rotatable bonds is 2. The van der Waals surface area contributed by atoms with Gasteiger partial charge in [0.1, 0.15) is 0 Å². The van der Waals surface area contributed by atoms with E-state index in [1.54, 1.807) is 7.11 Å². The maximum Gasteiger partial charge on any atom is 0.407 e. The standard InChI is InChI=1S/C12H13NO5.ClH/c1-15-9-4-7(5-10-11(9)18-6-17-10)8-2-3-16-12(14)13-8;/h4-5,8H,2-3,6H2,1H3,(H,13,14);1H/t8-;/m1./s1. The fourth-order valence-electron chi connectivity index (χ4n) is 2.13. The Morgan fingerprint density at radius 3 is 2.89 bits per heavy atom. The number of benzene rings is 1. The quantitative estimate of drug-likeness (QED) is 0.901. The van der Waals surface area contributed by atoms with Gasteiger partial charge in [0.15, 0.2) is 11.5 Å². The first-order valence-corrected chi connectivity index (χ1v) is 5.69. The number of carbonyl (C=O) groups is 1. The fraction of sp³-hybridized carbons (Fsp3) is 0.417. The number of amides is 1. The number of alkyl carbamates (subject to hydrolysis) is 1. The highest BCUT2D eigenvalue weighted by Gasteiger charge is 2.26. The average Bonchev–Trinajstić information content (AvgIpc) is 2.85. The van der Waals surface area contributed by atoms with E-state index >= 15 is 0 Å². The van der Waals surface area contributed by atoms with Crippen molar-refractivity contribution >= 4 is 18.5 Å². The molecule has 0 spiro atoms. The molecular formula is C12H14ClNO5. The first kappa shape index (κ1) is 13.6. The first-order chi connectivity index (χ1) is 8.78. The molecule has 6 nitrogen and oxygen atoms in total. The van der Waals surface area contributed by atoms with Gasteiger partial charge in [0.25, 0.3) is 0 Å². The van der Waals surface area contributed by atoms with Crippen molar-refractivity contribution < 1.29 is 23.7 Å². The third kappa shape index (κ3) is 2.49. The van der Waals surface area contributed by atoms with Gasteiger partial charge < -0.3 is 24.3 Å². The Balaban J connectivity index is 0.00000133. The van der Waals surface area contributed by atoms with Crippen LogP contribution in [-0.2, 0) is 4.74 Å². The van der Waals surface area contributed by atoms with Crippen LogP contribution in [0.3, 0.4) is 0 Å². The molecule has 3 rings (SSSR count). The lowest BCUT2D eigenvalue weighted by atomic mass is 10.0. The second-order valence-electron chi connectivity index (χ2n) is 4.08. The lowest BCUT2D eigenvalue weighted by Gasteiger charge is -2.24. The Hall–Kier alpha value is -1.82. The monoisotopic (exact) mass is 287 g/mol. The van der Waals surface area contributed by atoms with Gasteiger partial charge in [-0.25, -0.2) is 4.79 Å². The Kier molecular flexibility index (Phi) is 3.90. The number of hydrogen-bond donors (Lipinski definition) is 1. The molecule has 7 heteroatoms. The zero-order chi connectivity index (χ0) is 12.5. The summed E-state index contributed by atoms with van der Waals surface area (Å²) in [6.07, 6.45) is 0.317. The predicted octanol–water partition coefficient (Wildman–Crippen LogP) is 2.02. The minimum absolute atomic E-state index is 0. The number of methoxy groups -OCH3 is 1. The molecule has 19 heavy (non-hydrogen) atoms. The highest BCUT2D eigenvalue weighted by molar-refractivity contribution is 5.85. The van der Waals surface area contributed by atoms with E-state index in [4.69, 9.17) is 18.9 Å². The van der Waals surface area contributed by atoms with Gasteiger partial charge in [0, 0.05) is 6.42 Å². The van der Waals surface area contributed by atoms with E-state index in [9.17, 15) is 4.79 Å². The second kappa shape index (κ2) is 5.44. The van der Waals surface area contributed by atoms with Crippen molar-refractivity contribution in [3.8, 4) is 17.2 Å². The van der Waals surface area contributed by atoms with E-state index < -0.39 is 6.09 Å². The van der Waals surface area contributed by atoms with Crippen LogP contribution in [0.25, 0.3) is 0 Å². The Bertz CT molecular complexity index is 493. The molecule has 1 aromatic rings. The minimum Gasteiger partial charge on any atom is -0.493 e. The number of ether oxygens (including phenoxy) is 4. The molecule has 0 aromatic heterocycles. The zero-order valence-electron chi connectivity index (χ0n) is 10.3. The molecule has 0 unspecified atom stereocenters. The van der Waals surface area contributed by atoms with Crippen molar-refractivity contribution in [2.75, 3.05) is 20.5 Å². The second-order valence-corrected chi connectivity index (χ2v) is 4.08. The highest BCUT2D eigenvalue weighted by Crippen LogP contribution is 2.43. The largest absolute Gasteiger partial charge is 0.493 e. The molecule has 0 aliphatic carbocycles. The molecule has 1 saturated heterocycles. The molecule has 1 fully saturated rings. The lowest BCUT2D eigenvalue weighted by molar-refractivity contribution is 0.115. The van der Waals surface area contributed by atoms with Gasteiger partial charge in [-0.1, -0.05) is 0 Å². The highest BCUT2D eigenvalue weighted by atomic mass is 35.5. The van der Waals surface area contributed by atoms with Crippen molar-refractivity contribution in [1.82, 2.24) is 5.32 Å². The van der Waals surface area contributed by atoms with Gasteiger partial charge in [0.05, 0.1) is 19.8 Å². The summed E-state index contributed by atoms with van der Waals surface area (Å²) in [5.41, 5.74) is 0.924. The van der Waals surface area contributed by atoms with E-state index in [0.717, 1.165) is 5.56 Å². The molecule has 1 N–H and O–H groups in total. The van der Waals surface area contributed by atoms with Gasteiger partial charge >= 0.3 is 6.09 Å². The summed E-state index contributed by atoms with van der Waals surface area (Å²) in [5, 5.41) is 2.76. The van der Waals surface area contributed by atoms with Gasteiger partial charge in [-0.15, -0.1) is 12.4 Å². The summed E-state index contributed by atoms with van der Waals surface area (Å²) >= 11 is 0. The van der Waals surface area contributed by atoms with Crippen LogP contribution in [0.2, 0.25) is 0 Å². The summed E-state index contributed by atoms with van der Waals surface area (Å²) < 4.78 is 20.8. The summed E-state index contributed by atoms with van der Waals surface area (Å²) in [6, 6.07) is 3.62. The van der Waals surface area contributed by atoms with Crippen LogP contribution in [0.15, 0.2) is 12.1 Å². The number of carbonyl (C=O) groups excluding carboxylic acids is 1. The van der Waals surface area contributed by atoms with Crippen LogP contribution in [0.1, 0.15) is 18.0 Å². The van der Waals surface area contributed by atoms with Crippen LogP contribution in [0.5, 0.6) is 17.2 Å². The maximum absolute atomic E-state index is 11.2. The molecule has 0 bridgehead atoms. The SMILES string of the molecule is COc1cc([C@H]2CCOC(=O)N2)cc2c1OCO2.Cl. The van der Waals surface area contributed by atoms with Crippen LogP contribution in [0.4, 0.5) is 4.79 Å². The van der Waals surface area contributed by atoms with Crippen LogP contribution in [-0.4, -0.2) is 26.6 Å². The van der Waals surface area contributed by atoms with Crippen LogP contribution >= 0.6 is 12.4 Å². The smallest absolute Gasteiger partial charge is 0.407 e. The number of halogens is 1. The maximum atomic E-state index is 11.2. The van der Waals surface area contributed by atoms with Crippen molar-refractivity contribution in [3.05, 3.63) is 17.7 Å². The summed E-state index contributed by atoms with van der Waals surface area (Å²) in [5.74, 6) is 1.87. The molecule has 0 radical (unpaired) electrons. The van der Waals surface area contributed by atoms with Crippen LogP contribution in [0, 0.1) is 0 Å². The van der Waals surface area contributed by atoms with Crippen molar-refractivity contribution in [2.45, 2.75) is 12.5 Å². The van der Waals surface area contributed by atoms with Gasteiger partial charge in [0.2, 0.25) is 12.5 Å². The molecular weight excluding hydrogens is 274 g/mol. The average molecular weight is 288 g/mol. The molecule has 1 aromatic carbocycles. The molecule has 2 aliphatic rings. The summed E-state index contributed by atoms with van der Waals surface area (Å²) in [4.78, 5) is 11.2. The van der Waals surface area contributed by atoms with E-state index in [-0.39, 0.29) is 25.2 Å². The Labute approximate surface area is 116 Å². The van der Waals surface area contributed by atoms with E-state index in [1.165, 1.54) is 0 Å². The molecule has 0 saturated carbocycles. The van der Waals surface area contributed by atoms with Crippen LogP contribution < -0.4 is 19.5 Å². The topological polar surface area (TPSA) is 66.0 Å². The number of hydrogen-bond acceptors (Lipinski definition) is 5. The van der Waals surface area contributed by atoms with Crippen molar-refractivity contribution in [3.63, 3.8) is 0 Å². The predicted molar refractivity (Wildman–Crippen MR) is 68.2 cm³/mol. The van der Waals surface area contributed by atoms with E-state index in [2.05, 4.69) is 5.32 Å². The number of fused-ring (bicyclic) bond motifs is 1. The number of cyclic esters (lactones) is 1. The molecule has 2 heterocycles. The molecule has 104 valence electrons. The first-order valence-electron chi connectivity index (χ1n) is 5.69. The Morgan fingerprint density at radius 2 is 2.16 bits per heavy atom. The normalized spacial score (nSPS) is 20.1. The van der Waals surface area contributed by atoms with Gasteiger partial charge in [-0.05, 0) is 17.7 Å². The van der Waals surface area contributed by atoms with E-state index in [1.807, 2.05) is 12.1 Å². The molecule has 1 atom stereocenters. The number of nitrogens with one attached hydrogen (secondary N) is 1. The van der Waals surface area contributed by atoms with Crippen molar-refractivity contribution in [1.29, 1.82) is 0 Å². The fourth-order valence-corrected chi connectivity index (χ4v) is 2.13.